The average Bonchev–Trinajstić information content (AvgIpc) is 3.09. The minimum atomic E-state index is -4.60. The fraction of sp³-hybridized carbons (Fsp3) is 0.550. The van der Waals surface area contributed by atoms with Gasteiger partial charge in [0.05, 0.1) is 26.6 Å². The molecule has 1 N–H and O–H groups in total. The molecule has 0 bridgehead atoms. The van der Waals surface area contributed by atoms with Gasteiger partial charge in [-0.15, -0.1) is 0 Å². The Morgan fingerprint density at radius 2 is 2.00 bits per heavy atom. The van der Waals surface area contributed by atoms with Crippen LogP contribution in [0, 0.1) is 0 Å². The maximum atomic E-state index is 13.3. The molecule has 5 nitrogen and oxygen atoms in total. The lowest BCUT2D eigenvalue weighted by atomic mass is 9.83. The van der Waals surface area contributed by atoms with E-state index in [0.29, 0.717) is 5.92 Å². The first kappa shape index (κ1) is 20.4. The summed E-state index contributed by atoms with van der Waals surface area (Å²) in [4.78, 5) is -0.310. The second kappa shape index (κ2) is 7.12. The summed E-state index contributed by atoms with van der Waals surface area (Å²) in [5.74, 6) is 0.434. The molecular formula is C20H23F3N2O3S. The number of halogens is 3. The minimum Gasteiger partial charge on any atom is -0.372 e. The maximum absolute atomic E-state index is 13.3. The summed E-state index contributed by atoms with van der Waals surface area (Å²) in [5.41, 5.74) is 0.712. The maximum Gasteiger partial charge on any atom is 0.416 e. The number of benzene rings is 1. The molecule has 1 saturated heterocycles. The molecule has 2 fully saturated rings. The second-order valence-corrected chi connectivity index (χ2v) is 10.6. The van der Waals surface area contributed by atoms with Crippen molar-refractivity contribution in [2.75, 3.05) is 6.61 Å². The molecule has 29 heavy (non-hydrogen) atoms. The highest BCUT2D eigenvalue weighted by atomic mass is 32.2. The predicted molar refractivity (Wildman–Crippen MR) is 100 cm³/mol. The number of nitrogens with one attached hydrogen (secondary N) is 1. The van der Waals surface area contributed by atoms with Crippen LogP contribution in [0.5, 0.6) is 0 Å². The highest BCUT2D eigenvalue weighted by molar-refractivity contribution is 7.92. The number of H-pyrrole nitrogens is 1. The molecule has 1 saturated carbocycles. The summed E-state index contributed by atoms with van der Waals surface area (Å²) in [5, 5.41) is 7.30. The molecule has 0 unspecified atom stereocenters. The molecule has 0 amide bonds. The van der Waals surface area contributed by atoms with Gasteiger partial charge in [0.1, 0.15) is 6.10 Å². The fourth-order valence-electron chi connectivity index (χ4n) is 3.97. The number of hydrogen-bond acceptors (Lipinski definition) is 4. The lowest BCUT2D eigenvalue weighted by Gasteiger charge is -2.37. The topological polar surface area (TPSA) is 72.1 Å². The van der Waals surface area contributed by atoms with E-state index in [9.17, 15) is 21.6 Å². The molecule has 9 heteroatoms. The Balaban J connectivity index is 1.60. The van der Waals surface area contributed by atoms with Gasteiger partial charge >= 0.3 is 6.18 Å². The van der Waals surface area contributed by atoms with Gasteiger partial charge in [-0.25, -0.2) is 8.42 Å². The quantitative estimate of drug-likeness (QED) is 0.761. The monoisotopic (exact) mass is 428 g/mol. The number of rotatable bonds is 4. The van der Waals surface area contributed by atoms with Crippen molar-refractivity contribution in [2.45, 2.75) is 66.9 Å². The summed E-state index contributed by atoms with van der Waals surface area (Å²) in [6, 6.07) is 5.88. The third-order valence-corrected chi connectivity index (χ3v) is 8.72. The van der Waals surface area contributed by atoms with Crippen LogP contribution in [0.1, 0.15) is 68.0 Å². The van der Waals surface area contributed by atoms with Crippen molar-refractivity contribution >= 4 is 9.84 Å². The van der Waals surface area contributed by atoms with Crippen LogP contribution in [0.2, 0.25) is 0 Å². The zero-order valence-corrected chi connectivity index (χ0v) is 16.8. The van der Waals surface area contributed by atoms with Gasteiger partial charge in [0.25, 0.3) is 0 Å². The SMILES string of the molecule is C[C@@]1(S(=O)(=O)c2cccc(C(F)(F)F)c2)CCO[C@@H](c2cc(C3CCC3)n[nH]2)C1. The number of sulfone groups is 1. The Labute approximate surface area is 167 Å². The van der Waals surface area contributed by atoms with Crippen LogP contribution in [0.3, 0.4) is 0 Å². The van der Waals surface area contributed by atoms with Crippen LogP contribution in [0.4, 0.5) is 13.2 Å². The van der Waals surface area contributed by atoms with Crippen LogP contribution in [0.25, 0.3) is 0 Å². The van der Waals surface area contributed by atoms with E-state index in [1.165, 1.54) is 12.5 Å². The van der Waals surface area contributed by atoms with Gasteiger partial charge < -0.3 is 4.74 Å². The number of aromatic nitrogens is 2. The van der Waals surface area contributed by atoms with Crippen LogP contribution in [0.15, 0.2) is 35.2 Å². The van der Waals surface area contributed by atoms with Crippen molar-refractivity contribution in [1.82, 2.24) is 10.2 Å². The molecule has 1 aromatic heterocycles. The van der Waals surface area contributed by atoms with Crippen molar-refractivity contribution in [2.24, 2.45) is 0 Å². The van der Waals surface area contributed by atoms with Crippen LogP contribution < -0.4 is 0 Å². The highest BCUT2D eigenvalue weighted by Crippen LogP contribution is 2.43. The first-order chi connectivity index (χ1) is 13.6. The molecule has 1 aromatic carbocycles. The Bertz CT molecular complexity index is 998. The zero-order valence-electron chi connectivity index (χ0n) is 16.0. The number of alkyl halides is 3. The Kier molecular flexibility index (Phi) is 5.01. The second-order valence-electron chi connectivity index (χ2n) is 8.17. The molecule has 1 aliphatic carbocycles. The predicted octanol–water partition coefficient (Wildman–Crippen LogP) is 4.78. The van der Waals surface area contributed by atoms with Gasteiger partial charge in [0.15, 0.2) is 9.84 Å². The molecule has 2 atom stereocenters. The molecule has 0 spiro atoms. The van der Waals surface area contributed by atoms with Crippen LogP contribution >= 0.6 is 0 Å². The van der Waals surface area contributed by atoms with E-state index in [1.807, 2.05) is 6.07 Å². The smallest absolute Gasteiger partial charge is 0.372 e. The van der Waals surface area contributed by atoms with E-state index in [0.717, 1.165) is 42.4 Å². The largest absolute Gasteiger partial charge is 0.416 e. The standard InChI is InChI=1S/C20H23F3N2O3S/c1-19(29(26,27)15-7-3-6-14(10-15)20(21,22)23)8-9-28-18(12-19)17-11-16(24-25-17)13-4-2-5-13/h3,6-7,10-11,13,18H,2,4-5,8-9,12H2,1H3,(H,24,25)/t18-,19-/m1/s1. The first-order valence-electron chi connectivity index (χ1n) is 9.69. The van der Waals surface area contributed by atoms with Crippen molar-refractivity contribution in [3.05, 3.63) is 47.3 Å². The van der Waals surface area contributed by atoms with Crippen LogP contribution in [-0.4, -0.2) is 30.0 Å². The third kappa shape index (κ3) is 3.70. The summed E-state index contributed by atoms with van der Waals surface area (Å²) >= 11 is 0. The van der Waals surface area contributed by atoms with E-state index in [2.05, 4.69) is 10.2 Å². The summed E-state index contributed by atoms with van der Waals surface area (Å²) < 4.78 is 70.3. The molecule has 1 aliphatic heterocycles. The lowest BCUT2D eigenvalue weighted by Crippen LogP contribution is -2.42. The molecule has 2 aliphatic rings. The minimum absolute atomic E-state index is 0.151. The normalized spacial score (nSPS) is 26.3. The molecule has 0 radical (unpaired) electrons. The molecule has 2 aromatic rings. The lowest BCUT2D eigenvalue weighted by molar-refractivity contribution is -0.137. The fourth-order valence-corrected chi connectivity index (χ4v) is 5.80. The summed E-state index contributed by atoms with van der Waals surface area (Å²) in [6.45, 7) is 1.79. The summed E-state index contributed by atoms with van der Waals surface area (Å²) in [6.07, 6.45) is -1.35. The number of ether oxygens (including phenoxy) is 1. The van der Waals surface area contributed by atoms with Crippen molar-refractivity contribution in [3.8, 4) is 0 Å². The molecule has 4 rings (SSSR count). The van der Waals surface area contributed by atoms with Gasteiger partial charge in [0, 0.05) is 12.5 Å². The highest BCUT2D eigenvalue weighted by Gasteiger charge is 2.46. The molecular weight excluding hydrogens is 405 g/mol. The van der Waals surface area contributed by atoms with E-state index < -0.39 is 32.4 Å². The van der Waals surface area contributed by atoms with Crippen LogP contribution in [-0.2, 0) is 20.8 Å². The Hall–Kier alpha value is -1.87. The van der Waals surface area contributed by atoms with Gasteiger partial charge in [-0.2, -0.15) is 18.3 Å². The Morgan fingerprint density at radius 1 is 1.24 bits per heavy atom. The van der Waals surface area contributed by atoms with Gasteiger partial charge in [0.2, 0.25) is 0 Å². The van der Waals surface area contributed by atoms with E-state index in [-0.39, 0.29) is 24.3 Å². The van der Waals surface area contributed by atoms with Gasteiger partial charge in [-0.3, -0.25) is 5.10 Å². The van der Waals surface area contributed by atoms with Gasteiger partial charge in [-0.05, 0) is 56.9 Å². The van der Waals surface area contributed by atoms with Crippen molar-refractivity contribution in [3.63, 3.8) is 0 Å². The third-order valence-electron chi connectivity index (χ3n) is 6.18. The summed E-state index contributed by atoms with van der Waals surface area (Å²) in [7, 11) is -4.00. The van der Waals surface area contributed by atoms with Crippen molar-refractivity contribution < 1.29 is 26.3 Å². The average molecular weight is 428 g/mol. The first-order valence-corrected chi connectivity index (χ1v) is 11.2. The van der Waals surface area contributed by atoms with E-state index in [4.69, 9.17) is 4.74 Å². The number of nitrogens with zero attached hydrogens (tertiary/aromatic N) is 1. The molecule has 158 valence electrons. The van der Waals surface area contributed by atoms with E-state index in [1.54, 1.807) is 6.92 Å². The molecule has 2 heterocycles. The van der Waals surface area contributed by atoms with Gasteiger partial charge in [-0.1, -0.05) is 12.5 Å². The van der Waals surface area contributed by atoms with E-state index >= 15 is 0 Å². The number of hydrogen-bond donors (Lipinski definition) is 1. The number of aromatic amines is 1. The zero-order chi connectivity index (χ0) is 20.9. The Morgan fingerprint density at radius 3 is 2.66 bits per heavy atom. The van der Waals surface area contributed by atoms with Crippen molar-refractivity contribution in [1.29, 1.82) is 0 Å².